The first-order valence-corrected chi connectivity index (χ1v) is 6.29. The standard InChI is InChI=1S/C15H12N2O5/c1-9-12(7-4-8-13(9)17(21)22)16-14(18)10-5-2-3-6-11(10)15(19)20/h2-8H,1H3,(H,16,18)(H,19,20). The minimum Gasteiger partial charge on any atom is -0.478 e. The van der Waals surface area contributed by atoms with Gasteiger partial charge in [-0.2, -0.15) is 0 Å². The molecule has 0 saturated carbocycles. The van der Waals surface area contributed by atoms with Crippen LogP contribution in [0.2, 0.25) is 0 Å². The third kappa shape index (κ3) is 2.93. The lowest BCUT2D eigenvalue weighted by atomic mass is 10.1. The maximum atomic E-state index is 12.2. The van der Waals surface area contributed by atoms with E-state index in [0.717, 1.165) is 0 Å². The van der Waals surface area contributed by atoms with Gasteiger partial charge in [0.2, 0.25) is 0 Å². The molecule has 0 aliphatic rings. The van der Waals surface area contributed by atoms with Gasteiger partial charge in [0.05, 0.1) is 27.3 Å². The first-order chi connectivity index (χ1) is 10.4. The van der Waals surface area contributed by atoms with E-state index in [0.29, 0.717) is 5.56 Å². The van der Waals surface area contributed by atoms with E-state index in [2.05, 4.69) is 5.32 Å². The van der Waals surface area contributed by atoms with Crippen LogP contribution in [0.25, 0.3) is 0 Å². The van der Waals surface area contributed by atoms with E-state index in [-0.39, 0.29) is 22.5 Å². The molecule has 2 rings (SSSR count). The number of carboxylic acids is 1. The molecule has 0 radical (unpaired) electrons. The van der Waals surface area contributed by atoms with Gasteiger partial charge in [0.15, 0.2) is 0 Å². The lowest BCUT2D eigenvalue weighted by molar-refractivity contribution is -0.385. The molecule has 1 amide bonds. The van der Waals surface area contributed by atoms with Gasteiger partial charge in [0.1, 0.15) is 0 Å². The fraction of sp³-hybridized carbons (Fsp3) is 0.0667. The van der Waals surface area contributed by atoms with Gasteiger partial charge in [0, 0.05) is 6.07 Å². The maximum absolute atomic E-state index is 12.2. The van der Waals surface area contributed by atoms with Crippen LogP contribution in [0.1, 0.15) is 26.3 Å². The molecule has 0 aromatic heterocycles. The molecule has 22 heavy (non-hydrogen) atoms. The van der Waals surface area contributed by atoms with E-state index in [1.54, 1.807) is 6.07 Å². The Hall–Kier alpha value is -3.22. The van der Waals surface area contributed by atoms with Crippen molar-refractivity contribution in [2.45, 2.75) is 6.92 Å². The number of carbonyl (C=O) groups excluding carboxylic acids is 1. The lowest BCUT2D eigenvalue weighted by Gasteiger charge is -2.10. The number of aromatic carboxylic acids is 1. The van der Waals surface area contributed by atoms with E-state index in [9.17, 15) is 19.7 Å². The molecule has 2 aromatic carbocycles. The number of carbonyl (C=O) groups is 2. The van der Waals surface area contributed by atoms with Crippen LogP contribution < -0.4 is 5.32 Å². The molecule has 0 fully saturated rings. The lowest BCUT2D eigenvalue weighted by Crippen LogP contribution is -2.17. The molecule has 0 aliphatic heterocycles. The molecule has 7 nitrogen and oxygen atoms in total. The summed E-state index contributed by atoms with van der Waals surface area (Å²) in [5.74, 6) is -1.86. The van der Waals surface area contributed by atoms with Crippen LogP contribution in [0.3, 0.4) is 0 Å². The van der Waals surface area contributed by atoms with Gasteiger partial charge in [-0.1, -0.05) is 18.2 Å². The molecule has 0 aliphatic carbocycles. The Morgan fingerprint density at radius 1 is 1.09 bits per heavy atom. The SMILES string of the molecule is Cc1c(NC(=O)c2ccccc2C(=O)O)cccc1[N+](=O)[O-]. The number of amides is 1. The molecule has 0 bridgehead atoms. The molecule has 2 aromatic rings. The van der Waals surface area contributed by atoms with E-state index in [4.69, 9.17) is 5.11 Å². The molecule has 112 valence electrons. The average Bonchev–Trinajstić information content (AvgIpc) is 2.49. The highest BCUT2D eigenvalue weighted by molar-refractivity contribution is 6.11. The summed E-state index contributed by atoms with van der Waals surface area (Å²) < 4.78 is 0. The molecule has 7 heteroatoms. The number of carboxylic acid groups (broad SMARTS) is 1. The minimum atomic E-state index is -1.22. The summed E-state index contributed by atoms with van der Waals surface area (Å²) in [6.07, 6.45) is 0. The Morgan fingerprint density at radius 3 is 2.32 bits per heavy atom. The van der Waals surface area contributed by atoms with Gasteiger partial charge >= 0.3 is 5.97 Å². The third-order valence-corrected chi connectivity index (χ3v) is 3.15. The van der Waals surface area contributed by atoms with Crippen molar-refractivity contribution in [3.63, 3.8) is 0 Å². The average molecular weight is 300 g/mol. The van der Waals surface area contributed by atoms with E-state index >= 15 is 0 Å². The van der Waals surface area contributed by atoms with Crippen LogP contribution >= 0.6 is 0 Å². The zero-order valence-electron chi connectivity index (χ0n) is 11.6. The first kappa shape index (κ1) is 15.2. The summed E-state index contributed by atoms with van der Waals surface area (Å²) in [5, 5.41) is 22.5. The molecular formula is C15H12N2O5. The summed E-state index contributed by atoms with van der Waals surface area (Å²) in [7, 11) is 0. The molecule has 0 heterocycles. The summed E-state index contributed by atoms with van der Waals surface area (Å²) in [6.45, 7) is 1.51. The van der Waals surface area contributed by atoms with Crippen LogP contribution in [-0.2, 0) is 0 Å². The van der Waals surface area contributed by atoms with Crippen molar-refractivity contribution < 1.29 is 19.6 Å². The summed E-state index contributed by atoms with van der Waals surface area (Å²) in [5.41, 5.74) is 0.293. The maximum Gasteiger partial charge on any atom is 0.336 e. The number of nitrogens with zero attached hydrogens (tertiary/aromatic N) is 1. The van der Waals surface area contributed by atoms with Crippen molar-refractivity contribution in [3.05, 3.63) is 69.3 Å². The Morgan fingerprint density at radius 2 is 1.73 bits per heavy atom. The van der Waals surface area contributed by atoms with Crippen molar-refractivity contribution in [1.29, 1.82) is 0 Å². The number of anilines is 1. The molecule has 0 spiro atoms. The number of hydrogen-bond donors (Lipinski definition) is 2. The van der Waals surface area contributed by atoms with Crippen LogP contribution in [0, 0.1) is 17.0 Å². The Labute approximate surface area is 125 Å². The highest BCUT2D eigenvalue weighted by Gasteiger charge is 2.19. The predicted octanol–water partition coefficient (Wildman–Crippen LogP) is 2.85. The Kier molecular flexibility index (Phi) is 4.17. The van der Waals surface area contributed by atoms with Crippen molar-refractivity contribution in [1.82, 2.24) is 0 Å². The minimum absolute atomic E-state index is 0.0130. The largest absolute Gasteiger partial charge is 0.478 e. The number of nitro groups is 1. The van der Waals surface area contributed by atoms with Gasteiger partial charge in [0.25, 0.3) is 11.6 Å². The summed E-state index contributed by atoms with van der Waals surface area (Å²) in [4.78, 5) is 33.7. The van der Waals surface area contributed by atoms with Crippen LogP contribution in [0.15, 0.2) is 42.5 Å². The summed E-state index contributed by atoms with van der Waals surface area (Å²) >= 11 is 0. The van der Waals surface area contributed by atoms with E-state index < -0.39 is 16.8 Å². The van der Waals surface area contributed by atoms with E-state index in [1.165, 1.54) is 43.3 Å². The second-order valence-corrected chi connectivity index (χ2v) is 4.51. The fourth-order valence-electron chi connectivity index (χ4n) is 2.01. The van der Waals surface area contributed by atoms with Crippen LogP contribution in [0.4, 0.5) is 11.4 Å². The van der Waals surface area contributed by atoms with Gasteiger partial charge < -0.3 is 10.4 Å². The Balaban J connectivity index is 2.37. The smallest absolute Gasteiger partial charge is 0.336 e. The quantitative estimate of drug-likeness (QED) is 0.666. The highest BCUT2D eigenvalue weighted by Crippen LogP contribution is 2.25. The van der Waals surface area contributed by atoms with Crippen LogP contribution in [0.5, 0.6) is 0 Å². The second-order valence-electron chi connectivity index (χ2n) is 4.51. The topological polar surface area (TPSA) is 110 Å². The zero-order valence-corrected chi connectivity index (χ0v) is 11.6. The van der Waals surface area contributed by atoms with Gasteiger partial charge in [-0.25, -0.2) is 4.79 Å². The first-order valence-electron chi connectivity index (χ1n) is 6.29. The molecule has 0 unspecified atom stereocenters. The second kappa shape index (κ2) is 6.04. The monoisotopic (exact) mass is 300 g/mol. The highest BCUT2D eigenvalue weighted by atomic mass is 16.6. The van der Waals surface area contributed by atoms with Gasteiger partial charge in [-0.15, -0.1) is 0 Å². The predicted molar refractivity (Wildman–Crippen MR) is 79.2 cm³/mol. The molecule has 0 saturated heterocycles. The summed E-state index contributed by atoms with van der Waals surface area (Å²) in [6, 6.07) is 10.0. The number of benzene rings is 2. The number of rotatable bonds is 4. The number of hydrogen-bond acceptors (Lipinski definition) is 4. The van der Waals surface area contributed by atoms with Crippen molar-refractivity contribution in [2.24, 2.45) is 0 Å². The van der Waals surface area contributed by atoms with Crippen molar-refractivity contribution in [3.8, 4) is 0 Å². The zero-order chi connectivity index (χ0) is 16.3. The van der Waals surface area contributed by atoms with Crippen molar-refractivity contribution in [2.75, 3.05) is 5.32 Å². The van der Waals surface area contributed by atoms with Gasteiger partial charge in [-0.05, 0) is 25.1 Å². The Bertz CT molecular complexity index is 770. The molecule has 0 atom stereocenters. The van der Waals surface area contributed by atoms with Crippen molar-refractivity contribution >= 4 is 23.3 Å². The normalized spacial score (nSPS) is 10.0. The number of nitrogens with one attached hydrogen (secondary N) is 1. The molecule has 2 N–H and O–H groups in total. The van der Waals surface area contributed by atoms with E-state index in [1.807, 2.05) is 0 Å². The number of nitro benzene ring substituents is 1. The third-order valence-electron chi connectivity index (χ3n) is 3.15. The molecular weight excluding hydrogens is 288 g/mol. The van der Waals surface area contributed by atoms with Crippen LogP contribution in [-0.4, -0.2) is 21.9 Å². The fourth-order valence-corrected chi connectivity index (χ4v) is 2.01. The van der Waals surface area contributed by atoms with Gasteiger partial charge in [-0.3, -0.25) is 14.9 Å².